The van der Waals surface area contributed by atoms with E-state index in [0.29, 0.717) is 5.82 Å². The number of nitrogens with two attached hydrogens (primary N) is 1. The first kappa shape index (κ1) is 8.49. The number of nitrogen functional groups attached to an aromatic ring is 1. The van der Waals surface area contributed by atoms with Gasteiger partial charge in [0.2, 0.25) is 0 Å². The van der Waals surface area contributed by atoms with Gasteiger partial charge in [0.15, 0.2) is 0 Å². The Labute approximate surface area is 74.1 Å². The van der Waals surface area contributed by atoms with Gasteiger partial charge in [0, 0.05) is 11.8 Å². The summed E-state index contributed by atoms with van der Waals surface area (Å²) in [7, 11) is 1.85. The molecular weight excluding hydrogens is 206 g/mol. The van der Waals surface area contributed by atoms with Crippen molar-refractivity contribution in [3.63, 3.8) is 0 Å². The fourth-order valence-corrected chi connectivity index (χ4v) is 1.19. The third-order valence-electron chi connectivity index (χ3n) is 1.40. The number of nitrogens with one attached hydrogen (secondary N) is 1. The third kappa shape index (κ3) is 1.91. The molecule has 0 bridgehead atoms. The number of halogens is 1. The first-order valence-corrected chi connectivity index (χ1v) is 4.19. The highest BCUT2D eigenvalue weighted by atomic mass is 79.9. The van der Waals surface area contributed by atoms with Crippen molar-refractivity contribution in [2.75, 3.05) is 12.8 Å². The lowest BCUT2D eigenvalue weighted by molar-refractivity contribution is 0.807. The van der Waals surface area contributed by atoms with Gasteiger partial charge in [-0.3, -0.25) is 0 Å². The molecule has 60 valence electrons. The molecule has 0 fully saturated rings. The van der Waals surface area contributed by atoms with E-state index in [0.717, 1.165) is 5.56 Å². The van der Waals surface area contributed by atoms with Gasteiger partial charge in [0.1, 0.15) is 5.82 Å². The van der Waals surface area contributed by atoms with Gasteiger partial charge in [-0.15, -0.1) is 0 Å². The number of nitrogens with zero attached hydrogens (tertiary/aromatic N) is 1. The topological polar surface area (TPSA) is 50.9 Å². The summed E-state index contributed by atoms with van der Waals surface area (Å²) in [5.41, 5.74) is 6.58. The summed E-state index contributed by atoms with van der Waals surface area (Å²) in [6.45, 7) is 0. The Bertz CT molecular complexity index is 239. The average molecular weight is 216 g/mol. The van der Waals surface area contributed by atoms with E-state index in [-0.39, 0.29) is 4.95 Å². The lowest BCUT2D eigenvalue weighted by atomic mass is 10.2. The number of anilines is 1. The highest BCUT2D eigenvalue weighted by Gasteiger charge is 2.06. The van der Waals surface area contributed by atoms with Crippen LogP contribution in [-0.4, -0.2) is 12.0 Å². The zero-order valence-electron chi connectivity index (χ0n) is 6.21. The van der Waals surface area contributed by atoms with Crippen molar-refractivity contribution in [2.45, 2.75) is 4.95 Å². The van der Waals surface area contributed by atoms with E-state index < -0.39 is 0 Å². The summed E-state index contributed by atoms with van der Waals surface area (Å²) in [5.74, 6) is 0.559. The minimum absolute atomic E-state index is 0.0798. The van der Waals surface area contributed by atoms with E-state index in [9.17, 15) is 0 Å². The molecule has 0 aliphatic carbocycles. The molecule has 0 saturated carbocycles. The monoisotopic (exact) mass is 215 g/mol. The molecule has 1 heterocycles. The smallest absolute Gasteiger partial charge is 0.128 e. The maximum atomic E-state index is 5.62. The Balaban J connectivity index is 2.93. The summed E-state index contributed by atoms with van der Waals surface area (Å²) >= 11 is 3.40. The number of pyridine rings is 1. The molecule has 0 aliphatic heterocycles. The first-order valence-electron chi connectivity index (χ1n) is 3.27. The summed E-state index contributed by atoms with van der Waals surface area (Å²) in [6.07, 6.45) is 1.67. The molecule has 1 aromatic rings. The molecule has 3 nitrogen and oxygen atoms in total. The molecule has 0 spiro atoms. The first-order chi connectivity index (χ1) is 5.25. The van der Waals surface area contributed by atoms with Crippen LogP contribution in [0.2, 0.25) is 0 Å². The van der Waals surface area contributed by atoms with Crippen molar-refractivity contribution in [3.8, 4) is 0 Å². The molecule has 4 heteroatoms. The van der Waals surface area contributed by atoms with Gasteiger partial charge >= 0.3 is 0 Å². The molecule has 3 N–H and O–H groups in total. The SMILES string of the molecule is CNC(Br)c1cccnc1N. The number of hydrogen-bond donors (Lipinski definition) is 2. The normalized spacial score (nSPS) is 12.9. The van der Waals surface area contributed by atoms with Crippen LogP contribution in [0.1, 0.15) is 10.5 Å². The largest absolute Gasteiger partial charge is 0.383 e. The third-order valence-corrected chi connectivity index (χ3v) is 2.35. The molecular formula is C7H10BrN3. The van der Waals surface area contributed by atoms with Gasteiger partial charge in [0.05, 0.1) is 4.95 Å². The van der Waals surface area contributed by atoms with Crippen LogP contribution in [0.3, 0.4) is 0 Å². The fourth-order valence-electron chi connectivity index (χ4n) is 0.800. The van der Waals surface area contributed by atoms with E-state index in [4.69, 9.17) is 5.73 Å². The number of alkyl halides is 1. The minimum atomic E-state index is 0.0798. The van der Waals surface area contributed by atoms with Gasteiger partial charge in [-0.25, -0.2) is 4.98 Å². The van der Waals surface area contributed by atoms with E-state index in [1.807, 2.05) is 19.2 Å². The predicted molar refractivity (Wildman–Crippen MR) is 49.4 cm³/mol. The van der Waals surface area contributed by atoms with Crippen molar-refractivity contribution >= 4 is 21.7 Å². The van der Waals surface area contributed by atoms with E-state index in [1.54, 1.807) is 6.20 Å². The number of hydrogen-bond acceptors (Lipinski definition) is 3. The molecule has 1 atom stereocenters. The van der Waals surface area contributed by atoms with Gasteiger partial charge < -0.3 is 11.1 Å². The van der Waals surface area contributed by atoms with Crippen molar-refractivity contribution < 1.29 is 0 Å². The van der Waals surface area contributed by atoms with Crippen LogP contribution < -0.4 is 11.1 Å². The highest BCUT2D eigenvalue weighted by molar-refractivity contribution is 9.09. The molecule has 0 radical (unpaired) electrons. The highest BCUT2D eigenvalue weighted by Crippen LogP contribution is 2.22. The van der Waals surface area contributed by atoms with Gasteiger partial charge in [-0.05, 0) is 13.1 Å². The van der Waals surface area contributed by atoms with E-state index >= 15 is 0 Å². The zero-order chi connectivity index (χ0) is 8.27. The summed E-state index contributed by atoms with van der Waals surface area (Å²) in [5, 5.41) is 3.02. The van der Waals surface area contributed by atoms with Crippen LogP contribution in [0.25, 0.3) is 0 Å². The van der Waals surface area contributed by atoms with Gasteiger partial charge in [0.25, 0.3) is 0 Å². The lowest BCUT2D eigenvalue weighted by Crippen LogP contribution is -2.11. The Kier molecular flexibility index (Phi) is 2.84. The van der Waals surface area contributed by atoms with Crippen LogP contribution in [0.4, 0.5) is 5.82 Å². The number of aromatic nitrogens is 1. The second kappa shape index (κ2) is 3.69. The zero-order valence-corrected chi connectivity index (χ0v) is 7.80. The Hall–Kier alpha value is -0.610. The Morgan fingerprint density at radius 1 is 1.73 bits per heavy atom. The lowest BCUT2D eigenvalue weighted by Gasteiger charge is -2.09. The molecule has 1 unspecified atom stereocenters. The van der Waals surface area contributed by atoms with Crippen molar-refractivity contribution in [3.05, 3.63) is 23.9 Å². The second-order valence-corrected chi connectivity index (χ2v) is 3.04. The molecule has 0 saturated heterocycles. The predicted octanol–water partition coefficient (Wildman–Crippen LogP) is 1.28. The fraction of sp³-hybridized carbons (Fsp3) is 0.286. The van der Waals surface area contributed by atoms with Crippen LogP contribution in [-0.2, 0) is 0 Å². The van der Waals surface area contributed by atoms with Gasteiger partial charge in [-0.1, -0.05) is 22.0 Å². The maximum Gasteiger partial charge on any atom is 0.128 e. The minimum Gasteiger partial charge on any atom is -0.383 e. The Morgan fingerprint density at radius 3 is 3.00 bits per heavy atom. The molecule has 1 rings (SSSR count). The molecule has 0 aliphatic rings. The standard InChI is InChI=1S/C7H10BrN3/c1-10-6(8)5-3-2-4-11-7(5)9/h2-4,6,10H,1H3,(H2,9,11). The van der Waals surface area contributed by atoms with Crippen LogP contribution >= 0.6 is 15.9 Å². The summed E-state index contributed by atoms with van der Waals surface area (Å²) in [4.78, 5) is 4.04. The van der Waals surface area contributed by atoms with Crippen LogP contribution in [0.5, 0.6) is 0 Å². The quantitative estimate of drug-likeness (QED) is 0.578. The molecule has 0 aromatic carbocycles. The van der Waals surface area contributed by atoms with Crippen LogP contribution in [0, 0.1) is 0 Å². The van der Waals surface area contributed by atoms with Crippen molar-refractivity contribution in [1.29, 1.82) is 0 Å². The molecule has 0 amide bonds. The second-order valence-electron chi connectivity index (χ2n) is 2.13. The molecule has 11 heavy (non-hydrogen) atoms. The Morgan fingerprint density at radius 2 is 2.45 bits per heavy atom. The van der Waals surface area contributed by atoms with Gasteiger partial charge in [-0.2, -0.15) is 0 Å². The molecule has 1 aromatic heterocycles. The summed E-state index contributed by atoms with van der Waals surface area (Å²) < 4.78 is 0. The van der Waals surface area contributed by atoms with Crippen molar-refractivity contribution in [1.82, 2.24) is 10.3 Å². The summed E-state index contributed by atoms with van der Waals surface area (Å²) in [6, 6.07) is 3.79. The maximum absolute atomic E-state index is 5.62. The van der Waals surface area contributed by atoms with Crippen LogP contribution in [0.15, 0.2) is 18.3 Å². The van der Waals surface area contributed by atoms with E-state index in [1.165, 1.54) is 0 Å². The van der Waals surface area contributed by atoms with E-state index in [2.05, 4.69) is 26.2 Å². The average Bonchev–Trinajstić information content (AvgIpc) is 2.04. The van der Waals surface area contributed by atoms with Crippen molar-refractivity contribution in [2.24, 2.45) is 0 Å². The number of rotatable bonds is 2.